The highest BCUT2D eigenvalue weighted by Gasteiger charge is 2.39. The maximum absolute atomic E-state index is 11.4. The number of ketones is 1. The zero-order valence-electron chi connectivity index (χ0n) is 5.12. The fourth-order valence-electron chi connectivity index (χ4n) is 0.327. The van der Waals surface area contributed by atoms with Gasteiger partial charge in [-0.1, -0.05) is 0 Å². The fraction of sp³-hybridized carbons (Fsp3) is 0.667. The lowest BCUT2D eigenvalue weighted by Gasteiger charge is -2.05. The van der Waals surface area contributed by atoms with Crippen LogP contribution in [0.25, 0.3) is 0 Å². The summed E-state index contributed by atoms with van der Waals surface area (Å²) in [5.74, 6) is -1.66. The molecule has 0 saturated carbocycles. The number of hydrogen-bond acceptors (Lipinski definition) is 1. The first-order valence-electron chi connectivity index (χ1n) is 2.46. The van der Waals surface area contributed by atoms with Gasteiger partial charge in [0.15, 0.2) is 0 Å². The standard InChI is InChI=1S/C3H5B2F3O/c4-2(5)1(9)3(6,7)8/h2H,4-5H2. The van der Waals surface area contributed by atoms with Crippen molar-refractivity contribution < 1.29 is 18.0 Å². The first kappa shape index (κ1) is 8.59. The summed E-state index contributed by atoms with van der Waals surface area (Å²) in [5, 5.41) is 0. The van der Waals surface area contributed by atoms with E-state index in [-0.39, 0.29) is 0 Å². The quantitative estimate of drug-likeness (QED) is 0.428. The largest absolute Gasteiger partial charge is 0.448 e. The predicted molar refractivity (Wildman–Crippen MR) is 31.9 cm³/mol. The molecule has 0 aromatic heterocycles. The van der Waals surface area contributed by atoms with Gasteiger partial charge in [0, 0.05) is 0 Å². The third kappa shape index (κ3) is 2.58. The molecule has 0 aliphatic heterocycles. The van der Waals surface area contributed by atoms with Crippen LogP contribution in [0.1, 0.15) is 0 Å². The Morgan fingerprint density at radius 3 is 1.67 bits per heavy atom. The molecule has 0 aromatic rings. The summed E-state index contributed by atoms with van der Waals surface area (Å²) in [6.45, 7) is 0. The van der Waals surface area contributed by atoms with E-state index >= 15 is 0 Å². The van der Waals surface area contributed by atoms with Crippen LogP contribution in [0.4, 0.5) is 13.2 Å². The third-order valence-electron chi connectivity index (χ3n) is 0.804. The van der Waals surface area contributed by atoms with Crippen LogP contribution in [0.5, 0.6) is 0 Å². The van der Waals surface area contributed by atoms with Gasteiger partial charge in [-0.3, -0.25) is 4.79 Å². The van der Waals surface area contributed by atoms with Crippen LogP contribution in [0.2, 0.25) is 5.72 Å². The first-order valence-corrected chi connectivity index (χ1v) is 2.46. The van der Waals surface area contributed by atoms with Crippen molar-refractivity contribution in [1.29, 1.82) is 0 Å². The van der Waals surface area contributed by atoms with Crippen molar-refractivity contribution in [2.24, 2.45) is 0 Å². The monoisotopic (exact) mass is 136 g/mol. The number of halogens is 3. The highest BCUT2D eigenvalue weighted by Crippen LogP contribution is 2.20. The molecule has 0 unspecified atom stereocenters. The highest BCUT2D eigenvalue weighted by molar-refractivity contribution is 6.46. The van der Waals surface area contributed by atoms with E-state index in [4.69, 9.17) is 0 Å². The average molecular weight is 136 g/mol. The Labute approximate surface area is 52.4 Å². The van der Waals surface area contributed by atoms with E-state index in [2.05, 4.69) is 0 Å². The predicted octanol–water partition coefficient (Wildman–Crippen LogP) is -0.870. The molecule has 0 fully saturated rings. The van der Waals surface area contributed by atoms with Crippen LogP contribution < -0.4 is 0 Å². The second-order valence-electron chi connectivity index (χ2n) is 2.02. The van der Waals surface area contributed by atoms with Gasteiger partial charge in [-0.15, -0.1) is 0 Å². The van der Waals surface area contributed by atoms with Crippen molar-refractivity contribution in [3.63, 3.8) is 0 Å². The topological polar surface area (TPSA) is 17.1 Å². The number of rotatable bonds is 1. The van der Waals surface area contributed by atoms with E-state index in [1.807, 2.05) is 0 Å². The lowest BCUT2D eigenvalue weighted by atomic mass is 9.68. The molecule has 50 valence electrons. The van der Waals surface area contributed by atoms with Gasteiger partial charge in [-0.05, 0) is 5.72 Å². The molecule has 9 heavy (non-hydrogen) atoms. The number of carbonyl (C=O) groups excluding carboxylic acids is 1. The maximum atomic E-state index is 11.4. The number of hydrogen-bond donors (Lipinski definition) is 0. The second kappa shape index (κ2) is 2.45. The Hall–Kier alpha value is -0.410. The van der Waals surface area contributed by atoms with Crippen molar-refractivity contribution >= 4 is 21.5 Å². The Morgan fingerprint density at radius 1 is 1.33 bits per heavy atom. The van der Waals surface area contributed by atoms with Gasteiger partial charge in [0.25, 0.3) is 0 Å². The molecular formula is C3H5B2F3O. The Kier molecular flexibility index (Phi) is 2.34. The van der Waals surface area contributed by atoms with Gasteiger partial charge in [-0.2, -0.15) is 13.2 Å². The number of Topliss-reactive ketones (excluding diaryl/α,β-unsaturated/α-hetero) is 1. The van der Waals surface area contributed by atoms with Crippen LogP contribution in [-0.4, -0.2) is 27.7 Å². The summed E-state index contributed by atoms with van der Waals surface area (Å²) in [7, 11) is 2.44. The SMILES string of the molecule is BC(B)C(=O)C(F)(F)F. The summed E-state index contributed by atoms with van der Waals surface area (Å²) in [4.78, 5) is 10.0. The summed E-state index contributed by atoms with van der Waals surface area (Å²) in [5.41, 5.74) is -0.954. The van der Waals surface area contributed by atoms with E-state index in [9.17, 15) is 18.0 Å². The molecule has 0 heterocycles. The molecule has 0 bridgehead atoms. The highest BCUT2D eigenvalue weighted by atomic mass is 19.4. The van der Waals surface area contributed by atoms with E-state index < -0.39 is 17.7 Å². The van der Waals surface area contributed by atoms with Gasteiger partial charge in [0.2, 0.25) is 5.78 Å². The maximum Gasteiger partial charge on any atom is 0.448 e. The van der Waals surface area contributed by atoms with Gasteiger partial charge in [-0.25, -0.2) is 0 Å². The number of carbonyl (C=O) groups is 1. The molecule has 0 atom stereocenters. The molecule has 0 aromatic carbocycles. The van der Waals surface area contributed by atoms with Gasteiger partial charge in [0.1, 0.15) is 15.7 Å². The lowest BCUT2D eigenvalue weighted by Crippen LogP contribution is -2.27. The number of alkyl halides is 3. The molecule has 0 rings (SSSR count). The van der Waals surface area contributed by atoms with Crippen molar-refractivity contribution in [2.45, 2.75) is 11.9 Å². The van der Waals surface area contributed by atoms with E-state index in [1.165, 1.54) is 15.7 Å². The first-order chi connectivity index (χ1) is 3.85. The normalized spacial score (nSPS) is 12.0. The Bertz CT molecular complexity index is 119. The lowest BCUT2D eigenvalue weighted by molar-refractivity contribution is -0.169. The van der Waals surface area contributed by atoms with Crippen molar-refractivity contribution in [3.05, 3.63) is 0 Å². The molecule has 0 radical (unpaired) electrons. The zero-order valence-corrected chi connectivity index (χ0v) is 5.12. The smallest absolute Gasteiger partial charge is 0.291 e. The fourth-order valence-corrected chi connectivity index (χ4v) is 0.327. The summed E-state index contributed by atoms with van der Waals surface area (Å²) in [6, 6.07) is 0. The van der Waals surface area contributed by atoms with Crippen LogP contribution in [0.15, 0.2) is 0 Å². The van der Waals surface area contributed by atoms with Crippen LogP contribution in [0.3, 0.4) is 0 Å². The molecule has 6 heteroatoms. The van der Waals surface area contributed by atoms with Crippen LogP contribution >= 0.6 is 0 Å². The van der Waals surface area contributed by atoms with Crippen LogP contribution in [0, 0.1) is 0 Å². The average Bonchev–Trinajstić information content (AvgIpc) is 1.62. The van der Waals surface area contributed by atoms with E-state index in [0.717, 1.165) is 0 Å². The molecule has 0 N–H and O–H groups in total. The molecule has 1 nitrogen and oxygen atoms in total. The molecule has 0 spiro atoms. The van der Waals surface area contributed by atoms with E-state index in [1.54, 1.807) is 0 Å². The molecular weight excluding hydrogens is 131 g/mol. The zero-order chi connectivity index (χ0) is 7.65. The minimum absolute atomic E-state index is 0.954. The summed E-state index contributed by atoms with van der Waals surface area (Å²) < 4.78 is 34.1. The van der Waals surface area contributed by atoms with Gasteiger partial charge >= 0.3 is 6.18 Å². The summed E-state index contributed by atoms with van der Waals surface area (Å²) in [6.07, 6.45) is -4.66. The molecule has 0 amide bonds. The van der Waals surface area contributed by atoms with Gasteiger partial charge < -0.3 is 0 Å². The Morgan fingerprint density at radius 2 is 1.67 bits per heavy atom. The minimum atomic E-state index is -4.66. The van der Waals surface area contributed by atoms with Crippen molar-refractivity contribution in [1.82, 2.24) is 0 Å². The van der Waals surface area contributed by atoms with Gasteiger partial charge in [0.05, 0.1) is 0 Å². The van der Waals surface area contributed by atoms with Crippen LogP contribution in [-0.2, 0) is 4.79 Å². The van der Waals surface area contributed by atoms with E-state index in [0.29, 0.717) is 0 Å². The Balaban J connectivity index is 4.06. The minimum Gasteiger partial charge on any atom is -0.291 e. The molecule has 0 aliphatic rings. The second-order valence-corrected chi connectivity index (χ2v) is 2.02. The summed E-state index contributed by atoms with van der Waals surface area (Å²) >= 11 is 0. The molecule has 0 saturated heterocycles. The van der Waals surface area contributed by atoms with Crippen molar-refractivity contribution in [2.75, 3.05) is 0 Å². The van der Waals surface area contributed by atoms with Crippen molar-refractivity contribution in [3.8, 4) is 0 Å². The molecule has 0 aliphatic carbocycles. The third-order valence-corrected chi connectivity index (χ3v) is 0.804.